The molecular formula is C14H18N2O3. The Morgan fingerprint density at radius 1 is 1.26 bits per heavy atom. The molecule has 2 heterocycles. The van der Waals surface area contributed by atoms with E-state index in [1.807, 2.05) is 18.2 Å². The molecule has 0 bridgehead atoms. The number of aromatic nitrogens is 2. The number of carbonyl (C=O) groups excluding carboxylic acids is 1. The van der Waals surface area contributed by atoms with Crippen LogP contribution in [0.4, 0.5) is 0 Å². The number of esters is 1. The fraction of sp³-hybridized carbons (Fsp3) is 0.286. The summed E-state index contributed by atoms with van der Waals surface area (Å²) < 4.78 is 5.03. The first-order valence-corrected chi connectivity index (χ1v) is 5.85. The summed E-state index contributed by atoms with van der Waals surface area (Å²) in [4.78, 5) is 17.7. The lowest BCUT2D eigenvalue weighted by molar-refractivity contribution is 0.00609. The van der Waals surface area contributed by atoms with Crippen LogP contribution in [0.25, 0.3) is 0 Å². The Bertz CT molecular complexity index is 474. The molecule has 0 aliphatic carbocycles. The van der Waals surface area contributed by atoms with Gasteiger partial charge in [-0.15, -0.1) is 0 Å². The van der Waals surface area contributed by atoms with Crippen molar-refractivity contribution < 1.29 is 14.6 Å². The summed E-state index contributed by atoms with van der Waals surface area (Å²) >= 11 is 0. The van der Waals surface area contributed by atoms with Crippen molar-refractivity contribution >= 4 is 5.97 Å². The van der Waals surface area contributed by atoms with Gasteiger partial charge in [0.05, 0.1) is 0 Å². The second-order valence-corrected chi connectivity index (χ2v) is 4.76. The van der Waals surface area contributed by atoms with Gasteiger partial charge in [0.2, 0.25) is 0 Å². The molecule has 0 spiro atoms. The van der Waals surface area contributed by atoms with E-state index in [0.717, 1.165) is 0 Å². The molecule has 0 atom stereocenters. The van der Waals surface area contributed by atoms with Gasteiger partial charge in [0.25, 0.3) is 0 Å². The van der Waals surface area contributed by atoms with Crippen molar-refractivity contribution in [1.82, 2.24) is 9.97 Å². The fourth-order valence-electron chi connectivity index (χ4n) is 1.17. The van der Waals surface area contributed by atoms with Gasteiger partial charge in [-0.3, -0.25) is 4.98 Å². The third-order valence-electron chi connectivity index (χ3n) is 1.89. The van der Waals surface area contributed by atoms with Crippen LogP contribution in [0, 0.1) is 0 Å². The second-order valence-electron chi connectivity index (χ2n) is 4.76. The van der Waals surface area contributed by atoms with Gasteiger partial charge in [0, 0.05) is 18.6 Å². The molecule has 2 N–H and O–H groups in total. The molecule has 2 rings (SSSR count). The monoisotopic (exact) mass is 262 g/mol. The predicted molar refractivity (Wildman–Crippen MR) is 71.9 cm³/mol. The van der Waals surface area contributed by atoms with E-state index >= 15 is 0 Å². The quantitative estimate of drug-likeness (QED) is 0.775. The number of rotatable bonds is 1. The van der Waals surface area contributed by atoms with Crippen molar-refractivity contribution in [3.63, 3.8) is 0 Å². The molecule has 0 radical (unpaired) electrons. The Balaban J connectivity index is 0.000000250. The van der Waals surface area contributed by atoms with E-state index in [2.05, 4.69) is 9.97 Å². The number of nitrogens with zero attached hydrogens (tertiary/aromatic N) is 1. The van der Waals surface area contributed by atoms with Gasteiger partial charge in [-0.05, 0) is 39.0 Å². The summed E-state index contributed by atoms with van der Waals surface area (Å²) in [5, 5.41) is 9.19. The van der Waals surface area contributed by atoms with Gasteiger partial charge in [-0.1, -0.05) is 6.07 Å². The molecule has 0 fully saturated rings. The maximum Gasteiger partial charge on any atom is 0.359 e. The first kappa shape index (κ1) is 14.8. The number of carbonyl (C=O) groups is 1. The molecule has 102 valence electrons. The van der Waals surface area contributed by atoms with E-state index < -0.39 is 11.6 Å². The second kappa shape index (κ2) is 6.58. The number of H-pyrrole nitrogens is 1. The molecule has 0 amide bonds. The van der Waals surface area contributed by atoms with E-state index in [4.69, 9.17) is 4.74 Å². The standard InChI is InChI=1S/C9H13NO3.C5H5N/c1-9(2,3)13-8(12)7-6(11)4-5-10-7;1-2-4-6-5-3-1/h4-5,10-11H,1-3H3;1-5H. The van der Waals surface area contributed by atoms with Crippen LogP contribution in [-0.2, 0) is 4.74 Å². The van der Waals surface area contributed by atoms with Crippen LogP contribution in [-0.4, -0.2) is 26.6 Å². The SMILES string of the molecule is CC(C)(C)OC(=O)c1[nH]ccc1O.c1ccncc1. The van der Waals surface area contributed by atoms with Gasteiger partial charge < -0.3 is 14.8 Å². The van der Waals surface area contributed by atoms with Gasteiger partial charge >= 0.3 is 5.97 Å². The van der Waals surface area contributed by atoms with Gasteiger partial charge in [-0.2, -0.15) is 0 Å². The van der Waals surface area contributed by atoms with Gasteiger partial charge in [0.15, 0.2) is 5.69 Å². The molecule has 0 aliphatic heterocycles. The Labute approximate surface area is 112 Å². The Morgan fingerprint density at radius 2 is 1.89 bits per heavy atom. The molecule has 0 saturated heterocycles. The number of aromatic hydroxyl groups is 1. The molecule has 2 aromatic rings. The molecule has 0 saturated carbocycles. The fourth-order valence-corrected chi connectivity index (χ4v) is 1.17. The third-order valence-corrected chi connectivity index (χ3v) is 1.89. The lowest BCUT2D eigenvalue weighted by Gasteiger charge is -2.18. The van der Waals surface area contributed by atoms with Crippen LogP contribution in [0.5, 0.6) is 5.75 Å². The van der Waals surface area contributed by atoms with Gasteiger partial charge in [0.1, 0.15) is 11.4 Å². The Morgan fingerprint density at radius 3 is 2.21 bits per heavy atom. The van der Waals surface area contributed by atoms with Crippen molar-refractivity contribution in [2.75, 3.05) is 0 Å². The van der Waals surface area contributed by atoms with E-state index in [0.29, 0.717) is 0 Å². The highest BCUT2D eigenvalue weighted by Gasteiger charge is 2.20. The number of ether oxygens (including phenoxy) is 1. The summed E-state index contributed by atoms with van der Waals surface area (Å²) in [5.41, 5.74) is -0.454. The normalized spacial score (nSPS) is 10.3. The first-order chi connectivity index (χ1) is 8.90. The molecule has 2 aromatic heterocycles. The third kappa shape index (κ3) is 5.72. The minimum absolute atomic E-state index is 0.0887. The van der Waals surface area contributed by atoms with Crippen LogP contribution >= 0.6 is 0 Å². The number of aromatic amines is 1. The van der Waals surface area contributed by atoms with Gasteiger partial charge in [-0.25, -0.2) is 4.79 Å². The van der Waals surface area contributed by atoms with E-state index in [-0.39, 0.29) is 11.4 Å². The summed E-state index contributed by atoms with van der Waals surface area (Å²) in [5.74, 6) is -0.635. The smallest absolute Gasteiger partial charge is 0.359 e. The summed E-state index contributed by atoms with van der Waals surface area (Å²) in [7, 11) is 0. The highest BCUT2D eigenvalue weighted by atomic mass is 16.6. The zero-order chi connectivity index (χ0) is 14.3. The Hall–Kier alpha value is -2.30. The average molecular weight is 262 g/mol. The van der Waals surface area contributed by atoms with Crippen LogP contribution < -0.4 is 0 Å². The summed E-state index contributed by atoms with van der Waals surface area (Å²) in [6.45, 7) is 5.31. The maximum absolute atomic E-state index is 11.3. The molecule has 0 aromatic carbocycles. The molecule has 5 nitrogen and oxygen atoms in total. The van der Waals surface area contributed by atoms with E-state index in [9.17, 15) is 9.90 Å². The number of pyridine rings is 1. The van der Waals surface area contributed by atoms with Crippen molar-refractivity contribution in [3.05, 3.63) is 48.5 Å². The van der Waals surface area contributed by atoms with Crippen LogP contribution in [0.15, 0.2) is 42.9 Å². The average Bonchev–Trinajstić information content (AvgIpc) is 2.76. The molecule has 0 aliphatic rings. The molecule has 5 heteroatoms. The number of nitrogens with one attached hydrogen (secondary N) is 1. The summed E-state index contributed by atoms with van der Waals surface area (Å²) in [6, 6.07) is 7.12. The minimum atomic E-state index is -0.547. The van der Waals surface area contributed by atoms with Crippen molar-refractivity contribution in [3.8, 4) is 5.75 Å². The van der Waals surface area contributed by atoms with Crippen molar-refractivity contribution in [2.24, 2.45) is 0 Å². The Kier molecular flexibility index (Phi) is 5.11. The van der Waals surface area contributed by atoms with Crippen LogP contribution in [0.2, 0.25) is 0 Å². The van der Waals surface area contributed by atoms with E-state index in [1.54, 1.807) is 33.2 Å². The molecule has 0 unspecified atom stereocenters. The minimum Gasteiger partial charge on any atom is -0.505 e. The summed E-state index contributed by atoms with van der Waals surface area (Å²) in [6.07, 6.45) is 4.98. The maximum atomic E-state index is 11.3. The zero-order valence-electron chi connectivity index (χ0n) is 11.3. The van der Waals surface area contributed by atoms with Crippen molar-refractivity contribution in [2.45, 2.75) is 26.4 Å². The lowest BCUT2D eigenvalue weighted by atomic mass is 10.2. The van der Waals surface area contributed by atoms with Crippen molar-refractivity contribution in [1.29, 1.82) is 0 Å². The van der Waals surface area contributed by atoms with E-state index in [1.165, 1.54) is 12.3 Å². The lowest BCUT2D eigenvalue weighted by Crippen LogP contribution is -2.24. The highest BCUT2D eigenvalue weighted by Crippen LogP contribution is 2.18. The largest absolute Gasteiger partial charge is 0.505 e. The predicted octanol–water partition coefficient (Wildman–Crippen LogP) is 2.76. The molecule has 19 heavy (non-hydrogen) atoms. The van der Waals surface area contributed by atoms with Crippen LogP contribution in [0.1, 0.15) is 31.3 Å². The molecular weight excluding hydrogens is 244 g/mol. The number of hydrogen-bond acceptors (Lipinski definition) is 4. The number of hydrogen-bond donors (Lipinski definition) is 2. The first-order valence-electron chi connectivity index (χ1n) is 5.85. The topological polar surface area (TPSA) is 75.2 Å². The zero-order valence-corrected chi connectivity index (χ0v) is 11.3. The van der Waals surface area contributed by atoms with Crippen LogP contribution in [0.3, 0.4) is 0 Å². The highest BCUT2D eigenvalue weighted by molar-refractivity contribution is 5.90.